The second-order valence-electron chi connectivity index (χ2n) is 3.15. The topological polar surface area (TPSA) is 82.7 Å². The van der Waals surface area contributed by atoms with Gasteiger partial charge in [-0.3, -0.25) is 4.79 Å². The van der Waals surface area contributed by atoms with E-state index in [0.717, 1.165) is 0 Å². The Labute approximate surface area is 87.7 Å². The Morgan fingerprint density at radius 1 is 1.53 bits per heavy atom. The van der Waals surface area contributed by atoms with E-state index in [-0.39, 0.29) is 19.1 Å². The summed E-state index contributed by atoms with van der Waals surface area (Å²) in [5, 5.41) is 20.1. The van der Waals surface area contributed by atoms with Gasteiger partial charge in [-0.2, -0.15) is 0 Å². The first-order chi connectivity index (χ1) is 7.22. The summed E-state index contributed by atoms with van der Waals surface area (Å²) in [6.45, 7) is 1.30. The van der Waals surface area contributed by atoms with Gasteiger partial charge in [0.2, 0.25) is 0 Å². The highest BCUT2D eigenvalue weighted by atomic mass is 16.3. The third-order valence-electron chi connectivity index (χ3n) is 2.09. The Balaban J connectivity index is 2.68. The van der Waals surface area contributed by atoms with E-state index in [1.54, 1.807) is 6.07 Å². The van der Waals surface area contributed by atoms with Crippen LogP contribution in [0, 0.1) is 0 Å². The molecule has 1 aromatic rings. The zero-order valence-corrected chi connectivity index (χ0v) is 8.56. The predicted octanol–water partition coefficient (Wildman–Crippen LogP) is -0.0750. The highest BCUT2D eigenvalue weighted by Gasteiger charge is 2.16. The average molecular weight is 213 g/mol. The standard InChI is InChI=1S/C10H15NO4/c1-2-9-8(3-4-15-9)10(14)11-7(5-12)6-13/h3-4,7,12-13H,2,5-6H2,1H3,(H,11,14). The number of hydrogen-bond donors (Lipinski definition) is 3. The van der Waals surface area contributed by atoms with Crippen molar-refractivity contribution in [3.63, 3.8) is 0 Å². The van der Waals surface area contributed by atoms with Gasteiger partial charge in [-0.1, -0.05) is 6.92 Å². The van der Waals surface area contributed by atoms with Crippen LogP contribution in [0.15, 0.2) is 16.7 Å². The van der Waals surface area contributed by atoms with Crippen LogP contribution in [0.1, 0.15) is 23.0 Å². The lowest BCUT2D eigenvalue weighted by molar-refractivity contribution is 0.0877. The number of hydrogen-bond acceptors (Lipinski definition) is 4. The largest absolute Gasteiger partial charge is 0.469 e. The molecule has 0 aliphatic heterocycles. The third-order valence-corrected chi connectivity index (χ3v) is 2.09. The van der Waals surface area contributed by atoms with Gasteiger partial charge >= 0.3 is 0 Å². The summed E-state index contributed by atoms with van der Waals surface area (Å²) in [6, 6.07) is 0.942. The monoisotopic (exact) mass is 213 g/mol. The minimum atomic E-state index is -0.628. The average Bonchev–Trinajstić information content (AvgIpc) is 2.73. The van der Waals surface area contributed by atoms with Crippen LogP contribution in [0.25, 0.3) is 0 Å². The number of nitrogens with one attached hydrogen (secondary N) is 1. The lowest BCUT2D eigenvalue weighted by atomic mass is 10.2. The molecule has 0 aliphatic rings. The van der Waals surface area contributed by atoms with E-state index >= 15 is 0 Å². The Morgan fingerprint density at radius 2 is 2.20 bits per heavy atom. The van der Waals surface area contributed by atoms with Crippen molar-refractivity contribution in [2.45, 2.75) is 19.4 Å². The molecule has 0 atom stereocenters. The summed E-state index contributed by atoms with van der Waals surface area (Å²) in [4.78, 5) is 11.6. The quantitative estimate of drug-likeness (QED) is 0.639. The fourth-order valence-electron chi connectivity index (χ4n) is 1.23. The lowest BCUT2D eigenvalue weighted by Crippen LogP contribution is -2.40. The maximum atomic E-state index is 11.6. The van der Waals surface area contributed by atoms with Gasteiger partial charge in [-0.05, 0) is 6.07 Å². The second-order valence-corrected chi connectivity index (χ2v) is 3.15. The van der Waals surface area contributed by atoms with Gasteiger partial charge in [-0.15, -0.1) is 0 Å². The van der Waals surface area contributed by atoms with Crippen molar-refractivity contribution in [3.8, 4) is 0 Å². The number of aliphatic hydroxyl groups is 2. The first-order valence-corrected chi connectivity index (χ1v) is 4.81. The van der Waals surface area contributed by atoms with Crippen molar-refractivity contribution >= 4 is 5.91 Å². The molecule has 0 fully saturated rings. The summed E-state index contributed by atoms with van der Waals surface area (Å²) in [5.41, 5.74) is 0.449. The third kappa shape index (κ3) is 2.81. The fourth-order valence-corrected chi connectivity index (χ4v) is 1.23. The van der Waals surface area contributed by atoms with E-state index in [4.69, 9.17) is 14.6 Å². The van der Waals surface area contributed by atoms with E-state index < -0.39 is 6.04 Å². The number of aliphatic hydroxyl groups excluding tert-OH is 2. The van der Waals surface area contributed by atoms with E-state index in [0.29, 0.717) is 17.7 Å². The molecule has 1 aromatic heterocycles. The van der Waals surface area contributed by atoms with Gasteiger partial charge in [0.05, 0.1) is 31.1 Å². The first kappa shape index (κ1) is 11.7. The van der Waals surface area contributed by atoms with Crippen molar-refractivity contribution in [3.05, 3.63) is 23.7 Å². The Kier molecular flexibility index (Phi) is 4.33. The maximum absolute atomic E-state index is 11.6. The second kappa shape index (κ2) is 5.53. The van der Waals surface area contributed by atoms with Crippen LogP contribution >= 0.6 is 0 Å². The summed E-state index contributed by atoms with van der Waals surface area (Å²) < 4.78 is 5.10. The van der Waals surface area contributed by atoms with Crippen LogP contribution in [-0.2, 0) is 6.42 Å². The van der Waals surface area contributed by atoms with Crippen LogP contribution in [0.2, 0.25) is 0 Å². The summed E-state index contributed by atoms with van der Waals surface area (Å²) >= 11 is 0. The smallest absolute Gasteiger partial charge is 0.255 e. The highest BCUT2D eigenvalue weighted by Crippen LogP contribution is 2.10. The highest BCUT2D eigenvalue weighted by molar-refractivity contribution is 5.95. The molecule has 15 heavy (non-hydrogen) atoms. The van der Waals surface area contributed by atoms with Gasteiger partial charge in [0.25, 0.3) is 5.91 Å². The molecular formula is C10H15NO4. The molecule has 0 aliphatic carbocycles. The van der Waals surface area contributed by atoms with Crippen LogP contribution in [0.4, 0.5) is 0 Å². The van der Waals surface area contributed by atoms with Crippen LogP contribution < -0.4 is 5.32 Å². The van der Waals surface area contributed by atoms with E-state index in [9.17, 15) is 4.79 Å². The first-order valence-electron chi connectivity index (χ1n) is 4.81. The van der Waals surface area contributed by atoms with Gasteiger partial charge < -0.3 is 19.9 Å². The fraction of sp³-hybridized carbons (Fsp3) is 0.500. The molecule has 1 heterocycles. The Bertz CT molecular complexity index is 317. The molecule has 0 saturated carbocycles. The van der Waals surface area contributed by atoms with Crippen LogP contribution in [-0.4, -0.2) is 35.4 Å². The van der Waals surface area contributed by atoms with Gasteiger partial charge in [0.15, 0.2) is 0 Å². The zero-order valence-electron chi connectivity index (χ0n) is 8.56. The molecule has 5 heteroatoms. The predicted molar refractivity (Wildman–Crippen MR) is 53.5 cm³/mol. The molecule has 0 unspecified atom stereocenters. The molecule has 0 bridgehead atoms. The summed E-state index contributed by atoms with van der Waals surface area (Å²) in [6.07, 6.45) is 2.07. The summed E-state index contributed by atoms with van der Waals surface area (Å²) in [7, 11) is 0. The molecule has 0 aromatic carbocycles. The van der Waals surface area contributed by atoms with Crippen LogP contribution in [0.5, 0.6) is 0 Å². The Morgan fingerprint density at radius 3 is 2.73 bits per heavy atom. The van der Waals surface area contributed by atoms with Gasteiger partial charge in [0, 0.05) is 6.42 Å². The van der Waals surface area contributed by atoms with Crippen molar-refractivity contribution in [1.82, 2.24) is 5.32 Å². The maximum Gasteiger partial charge on any atom is 0.255 e. The van der Waals surface area contributed by atoms with Gasteiger partial charge in [0.1, 0.15) is 5.76 Å². The number of carbonyl (C=O) groups is 1. The molecule has 3 N–H and O–H groups in total. The van der Waals surface area contributed by atoms with Crippen molar-refractivity contribution in [2.24, 2.45) is 0 Å². The van der Waals surface area contributed by atoms with E-state index in [1.807, 2.05) is 6.92 Å². The molecule has 1 amide bonds. The van der Waals surface area contributed by atoms with Crippen molar-refractivity contribution < 1.29 is 19.4 Å². The normalized spacial score (nSPS) is 10.7. The number of carbonyl (C=O) groups excluding carboxylic acids is 1. The molecular weight excluding hydrogens is 198 g/mol. The number of furan rings is 1. The number of aryl methyl sites for hydroxylation is 1. The SMILES string of the molecule is CCc1occc1C(=O)NC(CO)CO. The molecule has 84 valence electrons. The minimum Gasteiger partial charge on any atom is -0.469 e. The minimum absolute atomic E-state index is 0.290. The zero-order chi connectivity index (χ0) is 11.3. The molecule has 0 spiro atoms. The molecule has 1 rings (SSSR count). The van der Waals surface area contributed by atoms with Gasteiger partial charge in [-0.25, -0.2) is 0 Å². The number of rotatable bonds is 5. The lowest BCUT2D eigenvalue weighted by Gasteiger charge is -2.12. The molecule has 0 saturated heterocycles. The molecule has 0 radical (unpaired) electrons. The Hall–Kier alpha value is -1.33. The van der Waals surface area contributed by atoms with E-state index in [1.165, 1.54) is 6.26 Å². The van der Waals surface area contributed by atoms with Crippen molar-refractivity contribution in [2.75, 3.05) is 13.2 Å². The summed E-state index contributed by atoms with van der Waals surface area (Å²) in [5.74, 6) is 0.260. The van der Waals surface area contributed by atoms with Crippen molar-refractivity contribution in [1.29, 1.82) is 0 Å². The molecule has 5 nitrogen and oxygen atoms in total. The van der Waals surface area contributed by atoms with Crippen LogP contribution in [0.3, 0.4) is 0 Å². The number of amides is 1. The van der Waals surface area contributed by atoms with E-state index in [2.05, 4.69) is 5.32 Å².